The van der Waals surface area contributed by atoms with Gasteiger partial charge in [0.1, 0.15) is 5.92 Å². The van der Waals surface area contributed by atoms with Crippen LogP contribution in [-0.4, -0.2) is 20.0 Å². The summed E-state index contributed by atoms with van der Waals surface area (Å²) in [5, 5.41) is 8.67. The second-order valence-corrected chi connectivity index (χ2v) is 3.28. The summed E-state index contributed by atoms with van der Waals surface area (Å²) in [7, 11) is 3.02. The van der Waals surface area contributed by atoms with Gasteiger partial charge in [0.15, 0.2) is 17.3 Å². The third-order valence-corrected chi connectivity index (χ3v) is 2.25. The van der Waals surface area contributed by atoms with Gasteiger partial charge in [0.05, 0.1) is 20.3 Å². The van der Waals surface area contributed by atoms with Crippen LogP contribution in [0.4, 0.5) is 0 Å². The van der Waals surface area contributed by atoms with Gasteiger partial charge in [-0.15, -0.1) is 0 Å². The van der Waals surface area contributed by atoms with E-state index in [9.17, 15) is 4.79 Å². The lowest BCUT2D eigenvalue weighted by molar-refractivity contribution is 0.0956. The van der Waals surface area contributed by atoms with Gasteiger partial charge in [0.2, 0.25) is 0 Å². The molecule has 4 nitrogen and oxygen atoms in total. The van der Waals surface area contributed by atoms with Crippen molar-refractivity contribution in [1.82, 2.24) is 0 Å². The minimum absolute atomic E-state index is 0.219. The maximum Gasteiger partial charge on any atom is 0.179 e. The van der Waals surface area contributed by atoms with E-state index in [2.05, 4.69) is 0 Å². The summed E-state index contributed by atoms with van der Waals surface area (Å²) in [5.74, 6) is 0.170. The molecule has 16 heavy (non-hydrogen) atoms. The molecule has 0 fully saturated rings. The summed E-state index contributed by atoms with van der Waals surface area (Å²) in [4.78, 5) is 11.7. The Hall–Kier alpha value is -2.02. The quantitative estimate of drug-likeness (QED) is 0.727. The molecule has 0 aliphatic heterocycles. The number of nitrogens with zero attached hydrogens (tertiary/aromatic N) is 1. The third-order valence-electron chi connectivity index (χ3n) is 2.25. The smallest absolute Gasteiger partial charge is 0.179 e. The molecule has 0 bridgehead atoms. The monoisotopic (exact) mass is 219 g/mol. The highest BCUT2D eigenvalue weighted by Gasteiger charge is 2.16. The Morgan fingerprint density at radius 2 is 1.94 bits per heavy atom. The number of benzene rings is 1. The fourth-order valence-corrected chi connectivity index (χ4v) is 1.30. The summed E-state index contributed by atoms with van der Waals surface area (Å²) < 4.78 is 10.1. The Labute approximate surface area is 94.4 Å². The number of hydrogen-bond acceptors (Lipinski definition) is 4. The van der Waals surface area contributed by atoms with Gasteiger partial charge in [0.25, 0.3) is 0 Å². The number of ether oxygens (including phenoxy) is 2. The van der Waals surface area contributed by atoms with E-state index in [1.165, 1.54) is 14.2 Å². The molecule has 0 radical (unpaired) electrons. The predicted molar refractivity (Wildman–Crippen MR) is 58.7 cm³/mol. The van der Waals surface area contributed by atoms with E-state index in [0.29, 0.717) is 17.1 Å². The fourth-order valence-electron chi connectivity index (χ4n) is 1.30. The first-order valence-electron chi connectivity index (χ1n) is 4.80. The molecular weight excluding hydrogens is 206 g/mol. The van der Waals surface area contributed by atoms with E-state index in [4.69, 9.17) is 14.7 Å². The first-order valence-corrected chi connectivity index (χ1v) is 4.80. The summed E-state index contributed by atoms with van der Waals surface area (Å²) in [6, 6.07) is 6.76. The van der Waals surface area contributed by atoms with E-state index in [1.54, 1.807) is 25.1 Å². The van der Waals surface area contributed by atoms with Gasteiger partial charge in [-0.1, -0.05) is 0 Å². The molecule has 1 atom stereocenters. The van der Waals surface area contributed by atoms with Crippen molar-refractivity contribution >= 4 is 5.78 Å². The zero-order valence-electron chi connectivity index (χ0n) is 9.48. The first kappa shape index (κ1) is 12.1. The molecule has 0 aliphatic rings. The molecule has 0 amide bonds. The largest absolute Gasteiger partial charge is 0.493 e. The third kappa shape index (κ3) is 2.31. The minimum Gasteiger partial charge on any atom is -0.493 e. The van der Waals surface area contributed by atoms with Crippen LogP contribution in [0.25, 0.3) is 0 Å². The van der Waals surface area contributed by atoms with Gasteiger partial charge in [-0.05, 0) is 25.1 Å². The number of methoxy groups -OCH3 is 2. The lowest BCUT2D eigenvalue weighted by Gasteiger charge is -2.09. The van der Waals surface area contributed by atoms with Gasteiger partial charge >= 0.3 is 0 Å². The Kier molecular flexibility index (Phi) is 3.90. The van der Waals surface area contributed by atoms with Crippen LogP contribution in [0.1, 0.15) is 17.3 Å². The number of Topliss-reactive ketones (excluding diaryl/α,β-unsaturated/α-hetero) is 1. The highest BCUT2D eigenvalue weighted by atomic mass is 16.5. The molecule has 0 spiro atoms. The van der Waals surface area contributed by atoms with Gasteiger partial charge in [-0.3, -0.25) is 4.79 Å². The molecule has 1 rings (SSSR count). The van der Waals surface area contributed by atoms with Crippen LogP contribution in [-0.2, 0) is 0 Å². The van der Waals surface area contributed by atoms with Crippen LogP contribution in [0, 0.1) is 17.2 Å². The molecule has 0 aromatic heterocycles. The molecule has 0 saturated heterocycles. The molecule has 84 valence electrons. The van der Waals surface area contributed by atoms with Gasteiger partial charge in [-0.2, -0.15) is 5.26 Å². The number of hydrogen-bond donors (Lipinski definition) is 0. The van der Waals surface area contributed by atoms with Gasteiger partial charge in [0, 0.05) is 5.56 Å². The standard InChI is InChI=1S/C12H13NO3/c1-8(7-13)12(14)9-4-5-10(15-2)11(6-9)16-3/h4-6,8H,1-3H3/t8-/m0/s1. The van der Waals surface area contributed by atoms with E-state index < -0.39 is 5.92 Å². The topological polar surface area (TPSA) is 59.3 Å². The van der Waals surface area contributed by atoms with Gasteiger partial charge < -0.3 is 9.47 Å². The highest BCUT2D eigenvalue weighted by Crippen LogP contribution is 2.28. The van der Waals surface area contributed by atoms with Crippen molar-refractivity contribution in [2.24, 2.45) is 5.92 Å². The second kappa shape index (κ2) is 5.17. The van der Waals surface area contributed by atoms with E-state index in [-0.39, 0.29) is 5.78 Å². The van der Waals surface area contributed by atoms with Crippen LogP contribution in [0.15, 0.2) is 18.2 Å². The predicted octanol–water partition coefficient (Wildman–Crippen LogP) is 2.05. The van der Waals surface area contributed by atoms with Gasteiger partial charge in [-0.25, -0.2) is 0 Å². The second-order valence-electron chi connectivity index (χ2n) is 3.28. The maximum absolute atomic E-state index is 11.7. The minimum atomic E-state index is -0.655. The van der Waals surface area contributed by atoms with Crippen LogP contribution in [0.3, 0.4) is 0 Å². The highest BCUT2D eigenvalue weighted by molar-refractivity contribution is 5.99. The van der Waals surface area contributed by atoms with Crippen LogP contribution in [0.5, 0.6) is 11.5 Å². The molecule has 4 heteroatoms. The van der Waals surface area contributed by atoms with Crippen molar-refractivity contribution in [3.05, 3.63) is 23.8 Å². The number of ketones is 1. The van der Waals surface area contributed by atoms with E-state index in [0.717, 1.165) is 0 Å². The average molecular weight is 219 g/mol. The van der Waals surface area contributed by atoms with Crippen LogP contribution >= 0.6 is 0 Å². The zero-order chi connectivity index (χ0) is 12.1. The van der Waals surface area contributed by atoms with Crippen molar-refractivity contribution in [3.63, 3.8) is 0 Å². The molecular formula is C12H13NO3. The van der Waals surface area contributed by atoms with Crippen molar-refractivity contribution in [2.75, 3.05) is 14.2 Å². The lowest BCUT2D eigenvalue weighted by Crippen LogP contribution is -2.09. The maximum atomic E-state index is 11.7. The Morgan fingerprint density at radius 3 is 2.44 bits per heavy atom. The molecule has 0 N–H and O–H groups in total. The molecule has 0 unspecified atom stereocenters. The molecule has 1 aromatic rings. The van der Waals surface area contributed by atoms with Crippen molar-refractivity contribution in [1.29, 1.82) is 5.26 Å². The Morgan fingerprint density at radius 1 is 1.31 bits per heavy atom. The zero-order valence-corrected chi connectivity index (χ0v) is 9.48. The van der Waals surface area contributed by atoms with Crippen molar-refractivity contribution < 1.29 is 14.3 Å². The van der Waals surface area contributed by atoms with E-state index in [1.807, 2.05) is 6.07 Å². The number of carbonyl (C=O) groups excluding carboxylic acids is 1. The average Bonchev–Trinajstić information content (AvgIpc) is 2.35. The number of nitriles is 1. The molecule has 0 aliphatic carbocycles. The molecule has 1 aromatic carbocycles. The number of rotatable bonds is 4. The Balaban J connectivity index is 3.09. The van der Waals surface area contributed by atoms with Crippen LogP contribution in [0.2, 0.25) is 0 Å². The summed E-state index contributed by atoms with van der Waals surface area (Å²) in [6.07, 6.45) is 0. The SMILES string of the molecule is COc1ccc(C(=O)[C@@H](C)C#N)cc1OC. The fraction of sp³-hybridized carbons (Fsp3) is 0.333. The number of carbonyl (C=O) groups is 1. The van der Waals surface area contributed by atoms with Crippen LogP contribution < -0.4 is 9.47 Å². The van der Waals surface area contributed by atoms with Crippen molar-refractivity contribution in [2.45, 2.75) is 6.92 Å². The Bertz CT molecular complexity index is 434. The normalized spacial score (nSPS) is 11.4. The summed E-state index contributed by atoms with van der Waals surface area (Å²) >= 11 is 0. The molecule has 0 heterocycles. The van der Waals surface area contributed by atoms with E-state index >= 15 is 0 Å². The molecule has 0 saturated carbocycles. The first-order chi connectivity index (χ1) is 7.63. The summed E-state index contributed by atoms with van der Waals surface area (Å²) in [5.41, 5.74) is 0.451. The van der Waals surface area contributed by atoms with Crippen molar-refractivity contribution in [3.8, 4) is 17.6 Å². The lowest BCUT2D eigenvalue weighted by atomic mass is 10.0. The summed E-state index contributed by atoms with van der Waals surface area (Å²) in [6.45, 7) is 1.57.